The van der Waals surface area contributed by atoms with Crippen LogP contribution < -0.4 is 15.2 Å². The molecule has 1 aliphatic heterocycles. The van der Waals surface area contributed by atoms with Crippen molar-refractivity contribution >= 4 is 5.91 Å². The van der Waals surface area contributed by atoms with E-state index in [0.717, 1.165) is 19.4 Å². The first-order chi connectivity index (χ1) is 9.15. The predicted octanol–water partition coefficient (Wildman–Crippen LogP) is 1.27. The van der Waals surface area contributed by atoms with Gasteiger partial charge < -0.3 is 20.1 Å². The van der Waals surface area contributed by atoms with Crippen LogP contribution in [0.15, 0.2) is 18.2 Å². The fraction of sp³-hybridized carbons (Fsp3) is 0.500. The van der Waals surface area contributed by atoms with Crippen molar-refractivity contribution in [3.05, 3.63) is 23.8 Å². The summed E-state index contributed by atoms with van der Waals surface area (Å²) in [7, 11) is 3.13. The molecule has 0 saturated carbocycles. The van der Waals surface area contributed by atoms with Crippen molar-refractivity contribution in [2.45, 2.75) is 18.9 Å². The Balaban J connectivity index is 2.19. The van der Waals surface area contributed by atoms with E-state index in [2.05, 4.69) is 0 Å². The Kier molecular flexibility index (Phi) is 4.27. The van der Waals surface area contributed by atoms with Crippen LogP contribution in [0.2, 0.25) is 0 Å². The third-order valence-corrected chi connectivity index (χ3v) is 3.38. The predicted molar refractivity (Wildman–Crippen MR) is 72.7 cm³/mol. The Morgan fingerprint density at radius 3 is 2.68 bits per heavy atom. The van der Waals surface area contributed by atoms with Gasteiger partial charge in [-0.25, -0.2) is 0 Å². The minimum Gasteiger partial charge on any atom is -0.493 e. The summed E-state index contributed by atoms with van der Waals surface area (Å²) >= 11 is 0. The number of nitrogens with two attached hydrogens (primary N) is 1. The molecule has 0 aromatic heterocycles. The highest BCUT2D eigenvalue weighted by molar-refractivity contribution is 5.95. The van der Waals surface area contributed by atoms with Gasteiger partial charge in [-0.1, -0.05) is 0 Å². The van der Waals surface area contributed by atoms with Gasteiger partial charge in [-0.05, 0) is 31.0 Å². The number of nitrogens with zero attached hydrogens (tertiary/aromatic N) is 1. The van der Waals surface area contributed by atoms with Crippen LogP contribution in [0, 0.1) is 0 Å². The number of methoxy groups -OCH3 is 2. The molecule has 2 rings (SSSR count). The Morgan fingerprint density at radius 1 is 1.32 bits per heavy atom. The molecular weight excluding hydrogens is 244 g/mol. The van der Waals surface area contributed by atoms with Gasteiger partial charge in [0.15, 0.2) is 11.5 Å². The van der Waals surface area contributed by atoms with Gasteiger partial charge in [0.25, 0.3) is 5.91 Å². The van der Waals surface area contributed by atoms with Gasteiger partial charge >= 0.3 is 0 Å². The lowest BCUT2D eigenvalue weighted by Crippen LogP contribution is -2.45. The molecule has 1 aromatic rings. The summed E-state index contributed by atoms with van der Waals surface area (Å²) in [5.41, 5.74) is 6.51. The van der Waals surface area contributed by atoms with E-state index in [1.54, 1.807) is 37.3 Å². The lowest BCUT2D eigenvalue weighted by molar-refractivity contribution is 0.0708. The van der Waals surface area contributed by atoms with Crippen LogP contribution >= 0.6 is 0 Å². The van der Waals surface area contributed by atoms with Crippen LogP contribution in [0.25, 0.3) is 0 Å². The SMILES string of the molecule is COc1ccc(C(=O)N2CCC[C@@H](N)C2)cc1OC. The molecule has 1 amide bonds. The smallest absolute Gasteiger partial charge is 0.254 e. The molecule has 1 fully saturated rings. The lowest BCUT2D eigenvalue weighted by Gasteiger charge is -2.30. The number of carbonyl (C=O) groups excluding carboxylic acids is 1. The van der Waals surface area contributed by atoms with Crippen LogP contribution in [0.5, 0.6) is 11.5 Å². The standard InChI is InChI=1S/C14H20N2O3/c1-18-12-6-5-10(8-13(12)19-2)14(17)16-7-3-4-11(15)9-16/h5-6,8,11H,3-4,7,9,15H2,1-2H3/t11-/m1/s1. The molecule has 5 nitrogen and oxygen atoms in total. The average molecular weight is 264 g/mol. The number of amides is 1. The van der Waals surface area contributed by atoms with Gasteiger partial charge in [-0.3, -0.25) is 4.79 Å². The topological polar surface area (TPSA) is 64.8 Å². The maximum atomic E-state index is 12.4. The monoisotopic (exact) mass is 264 g/mol. The van der Waals surface area contributed by atoms with Crippen LogP contribution in [0.4, 0.5) is 0 Å². The third-order valence-electron chi connectivity index (χ3n) is 3.38. The van der Waals surface area contributed by atoms with Crippen molar-refractivity contribution in [1.82, 2.24) is 4.90 Å². The molecule has 0 unspecified atom stereocenters. The number of hydrogen-bond acceptors (Lipinski definition) is 4. The second kappa shape index (κ2) is 5.93. The maximum absolute atomic E-state index is 12.4. The Bertz CT molecular complexity index is 462. The number of piperidine rings is 1. The largest absolute Gasteiger partial charge is 0.493 e. The highest BCUT2D eigenvalue weighted by atomic mass is 16.5. The minimum absolute atomic E-state index is 0.00361. The van der Waals surface area contributed by atoms with Crippen LogP contribution in [-0.4, -0.2) is 44.2 Å². The van der Waals surface area contributed by atoms with Crippen LogP contribution in [-0.2, 0) is 0 Å². The van der Waals surface area contributed by atoms with E-state index in [0.29, 0.717) is 23.6 Å². The van der Waals surface area contributed by atoms with Crippen molar-refractivity contribution in [3.63, 3.8) is 0 Å². The number of ether oxygens (including phenoxy) is 2. The Labute approximate surface area is 113 Å². The average Bonchev–Trinajstić information content (AvgIpc) is 2.45. The molecule has 1 aromatic carbocycles. The summed E-state index contributed by atoms with van der Waals surface area (Å²) < 4.78 is 10.4. The van der Waals surface area contributed by atoms with Crippen molar-refractivity contribution in [2.75, 3.05) is 27.3 Å². The molecule has 0 bridgehead atoms. The zero-order chi connectivity index (χ0) is 13.8. The molecule has 0 spiro atoms. The molecule has 0 aliphatic carbocycles. The molecule has 104 valence electrons. The van der Waals surface area contributed by atoms with Gasteiger partial charge in [0.2, 0.25) is 0 Å². The number of likely N-dealkylation sites (tertiary alicyclic amines) is 1. The molecule has 19 heavy (non-hydrogen) atoms. The summed E-state index contributed by atoms with van der Waals surface area (Å²) in [6, 6.07) is 5.29. The maximum Gasteiger partial charge on any atom is 0.254 e. The van der Waals surface area contributed by atoms with Gasteiger partial charge in [0.05, 0.1) is 14.2 Å². The second-order valence-electron chi connectivity index (χ2n) is 4.72. The van der Waals surface area contributed by atoms with Crippen LogP contribution in [0.1, 0.15) is 23.2 Å². The molecule has 5 heteroatoms. The highest BCUT2D eigenvalue weighted by Crippen LogP contribution is 2.28. The summed E-state index contributed by atoms with van der Waals surface area (Å²) in [6.07, 6.45) is 1.94. The van der Waals surface area contributed by atoms with Crippen molar-refractivity contribution < 1.29 is 14.3 Å². The first-order valence-electron chi connectivity index (χ1n) is 6.42. The van der Waals surface area contributed by atoms with Gasteiger partial charge in [0.1, 0.15) is 0 Å². The summed E-state index contributed by atoms with van der Waals surface area (Å²) in [4.78, 5) is 14.2. The second-order valence-corrected chi connectivity index (χ2v) is 4.72. The van der Waals surface area contributed by atoms with E-state index in [9.17, 15) is 4.79 Å². The number of carbonyl (C=O) groups is 1. The van der Waals surface area contributed by atoms with Gasteiger partial charge in [0, 0.05) is 24.7 Å². The normalized spacial score (nSPS) is 19.1. The molecule has 0 radical (unpaired) electrons. The zero-order valence-corrected chi connectivity index (χ0v) is 11.4. The van der Waals surface area contributed by atoms with Gasteiger partial charge in [-0.2, -0.15) is 0 Å². The first kappa shape index (κ1) is 13.7. The molecule has 1 saturated heterocycles. The fourth-order valence-corrected chi connectivity index (χ4v) is 2.35. The van der Waals surface area contributed by atoms with E-state index in [-0.39, 0.29) is 11.9 Å². The minimum atomic E-state index is -0.00361. The number of rotatable bonds is 3. The van der Waals surface area contributed by atoms with Crippen molar-refractivity contribution in [2.24, 2.45) is 5.73 Å². The van der Waals surface area contributed by atoms with E-state index in [4.69, 9.17) is 15.2 Å². The van der Waals surface area contributed by atoms with Crippen LogP contribution in [0.3, 0.4) is 0 Å². The van der Waals surface area contributed by atoms with E-state index in [1.807, 2.05) is 0 Å². The molecule has 1 heterocycles. The summed E-state index contributed by atoms with van der Waals surface area (Å²) in [6.45, 7) is 1.38. The third kappa shape index (κ3) is 2.98. The Morgan fingerprint density at radius 2 is 2.05 bits per heavy atom. The van der Waals surface area contributed by atoms with E-state index >= 15 is 0 Å². The lowest BCUT2D eigenvalue weighted by atomic mass is 10.1. The molecule has 1 atom stereocenters. The number of hydrogen-bond donors (Lipinski definition) is 1. The fourth-order valence-electron chi connectivity index (χ4n) is 2.35. The van der Waals surface area contributed by atoms with E-state index < -0.39 is 0 Å². The molecule has 1 aliphatic rings. The summed E-state index contributed by atoms with van der Waals surface area (Å²) in [5, 5.41) is 0. The van der Waals surface area contributed by atoms with Crippen molar-refractivity contribution in [3.8, 4) is 11.5 Å². The van der Waals surface area contributed by atoms with Crippen molar-refractivity contribution in [1.29, 1.82) is 0 Å². The van der Waals surface area contributed by atoms with E-state index in [1.165, 1.54) is 0 Å². The highest BCUT2D eigenvalue weighted by Gasteiger charge is 2.23. The molecular formula is C14H20N2O3. The summed E-state index contributed by atoms with van der Waals surface area (Å²) in [5.74, 6) is 1.18. The molecule has 2 N–H and O–H groups in total. The first-order valence-corrected chi connectivity index (χ1v) is 6.42. The quantitative estimate of drug-likeness (QED) is 0.893. The zero-order valence-electron chi connectivity index (χ0n) is 11.4. The van der Waals surface area contributed by atoms with Gasteiger partial charge in [-0.15, -0.1) is 0 Å². The number of benzene rings is 1. The Hall–Kier alpha value is -1.75.